The first kappa shape index (κ1) is 21.3. The fraction of sp³-hybridized carbons (Fsp3) is 0.227. The van der Waals surface area contributed by atoms with Gasteiger partial charge in [0.2, 0.25) is 5.91 Å². The average molecular weight is 456 g/mol. The zero-order valence-electron chi connectivity index (χ0n) is 17.1. The third kappa shape index (κ3) is 4.72. The fourth-order valence-electron chi connectivity index (χ4n) is 3.17. The molecule has 1 aliphatic heterocycles. The molecule has 1 amide bonds. The van der Waals surface area contributed by atoms with Crippen LogP contribution in [0.25, 0.3) is 5.69 Å². The highest BCUT2D eigenvalue weighted by molar-refractivity contribution is 8.00. The number of nitrogens with zero attached hydrogens (tertiary/aromatic N) is 2. The van der Waals surface area contributed by atoms with Gasteiger partial charge in [0.1, 0.15) is 11.5 Å². The van der Waals surface area contributed by atoms with E-state index in [1.54, 1.807) is 49.1 Å². The molecule has 0 radical (unpaired) electrons. The van der Waals surface area contributed by atoms with Crippen molar-refractivity contribution in [2.45, 2.75) is 16.5 Å². The zero-order chi connectivity index (χ0) is 21.8. The van der Waals surface area contributed by atoms with Crippen LogP contribution in [0.3, 0.4) is 0 Å². The highest BCUT2D eigenvalue weighted by Crippen LogP contribution is 2.30. The van der Waals surface area contributed by atoms with Crippen molar-refractivity contribution >= 4 is 35.1 Å². The van der Waals surface area contributed by atoms with Crippen LogP contribution < -0.4 is 20.3 Å². The molecule has 1 N–H and O–H groups in total. The molecule has 0 saturated heterocycles. The van der Waals surface area contributed by atoms with Gasteiger partial charge in [0.15, 0.2) is 5.16 Å². The molecule has 9 heteroatoms. The van der Waals surface area contributed by atoms with Gasteiger partial charge >= 0.3 is 0 Å². The Morgan fingerprint density at radius 2 is 1.94 bits per heavy atom. The summed E-state index contributed by atoms with van der Waals surface area (Å²) >= 11 is 2.76. The lowest BCUT2D eigenvalue weighted by molar-refractivity contribution is -0.113. The molecule has 31 heavy (non-hydrogen) atoms. The van der Waals surface area contributed by atoms with Gasteiger partial charge in [-0.3, -0.25) is 14.2 Å². The van der Waals surface area contributed by atoms with Crippen molar-refractivity contribution in [2.24, 2.45) is 0 Å². The van der Waals surface area contributed by atoms with Gasteiger partial charge in [0.05, 0.1) is 36.2 Å². The third-order valence-electron chi connectivity index (χ3n) is 4.68. The molecule has 7 nitrogen and oxygen atoms in total. The smallest absolute Gasteiger partial charge is 0.272 e. The Labute approximate surface area is 188 Å². The number of carbonyl (C=O) groups is 1. The first-order valence-corrected chi connectivity index (χ1v) is 11.6. The number of rotatable bonds is 7. The molecule has 1 aromatic heterocycles. The molecule has 0 fully saturated rings. The number of aromatic nitrogens is 2. The van der Waals surface area contributed by atoms with E-state index in [0.717, 1.165) is 23.6 Å². The first-order chi connectivity index (χ1) is 15.1. The number of fused-ring (bicyclic) bond motifs is 1. The Balaban J connectivity index is 1.59. The number of hydrogen-bond acceptors (Lipinski definition) is 7. The summed E-state index contributed by atoms with van der Waals surface area (Å²) in [6.45, 7) is 0. The van der Waals surface area contributed by atoms with Crippen LogP contribution in [0.4, 0.5) is 5.69 Å². The van der Waals surface area contributed by atoms with Crippen molar-refractivity contribution in [1.82, 2.24) is 9.55 Å². The molecule has 4 rings (SSSR count). The summed E-state index contributed by atoms with van der Waals surface area (Å²) < 4.78 is 12.0. The number of aryl methyl sites for hydroxylation is 1. The van der Waals surface area contributed by atoms with Crippen LogP contribution in [0.5, 0.6) is 11.5 Å². The molecule has 0 saturated carbocycles. The average Bonchev–Trinajstić information content (AvgIpc) is 3.27. The number of methoxy groups -OCH3 is 2. The number of thioether (sulfide) groups is 2. The Morgan fingerprint density at radius 1 is 1.16 bits per heavy atom. The van der Waals surface area contributed by atoms with Crippen molar-refractivity contribution in [1.29, 1.82) is 0 Å². The minimum Gasteiger partial charge on any atom is -0.497 e. The predicted molar refractivity (Wildman–Crippen MR) is 123 cm³/mol. The van der Waals surface area contributed by atoms with Crippen molar-refractivity contribution in [2.75, 3.05) is 31.0 Å². The van der Waals surface area contributed by atoms with Crippen LogP contribution in [0.15, 0.2) is 63.4 Å². The van der Waals surface area contributed by atoms with Crippen molar-refractivity contribution in [3.63, 3.8) is 0 Å². The molecule has 160 valence electrons. The fourth-order valence-corrected chi connectivity index (χ4v) is 5.02. The normalized spacial score (nSPS) is 12.3. The lowest BCUT2D eigenvalue weighted by Gasteiger charge is -2.14. The molecule has 0 bridgehead atoms. The van der Waals surface area contributed by atoms with Gasteiger partial charge < -0.3 is 14.8 Å². The maximum absolute atomic E-state index is 13.2. The van der Waals surface area contributed by atoms with E-state index in [0.29, 0.717) is 27.2 Å². The number of anilines is 1. The van der Waals surface area contributed by atoms with Gasteiger partial charge in [-0.05, 0) is 36.4 Å². The van der Waals surface area contributed by atoms with Crippen LogP contribution in [0, 0.1) is 0 Å². The molecular formula is C22H21N3O4S2. The maximum atomic E-state index is 13.2. The van der Waals surface area contributed by atoms with Crippen molar-refractivity contribution in [3.05, 3.63) is 64.6 Å². The quantitative estimate of drug-likeness (QED) is 0.430. The summed E-state index contributed by atoms with van der Waals surface area (Å²) in [5.41, 5.74) is 2.02. The highest BCUT2D eigenvalue weighted by Gasteiger charge is 2.23. The minimum atomic E-state index is -0.184. The summed E-state index contributed by atoms with van der Waals surface area (Å²) in [6, 6.07) is 14.4. The molecule has 0 spiro atoms. The predicted octanol–water partition coefficient (Wildman–Crippen LogP) is 3.63. The van der Waals surface area contributed by atoms with E-state index < -0.39 is 0 Å². The zero-order valence-corrected chi connectivity index (χ0v) is 18.7. The summed E-state index contributed by atoms with van der Waals surface area (Å²) in [4.78, 5) is 31.1. The van der Waals surface area contributed by atoms with E-state index in [2.05, 4.69) is 5.32 Å². The van der Waals surface area contributed by atoms with Gasteiger partial charge in [-0.15, -0.1) is 11.8 Å². The molecule has 3 aromatic rings. The molecule has 0 aliphatic carbocycles. The highest BCUT2D eigenvalue weighted by atomic mass is 32.2. The van der Waals surface area contributed by atoms with Gasteiger partial charge in [0.25, 0.3) is 5.56 Å². The second kappa shape index (κ2) is 9.49. The van der Waals surface area contributed by atoms with Crippen LogP contribution in [-0.2, 0) is 11.2 Å². The van der Waals surface area contributed by atoms with Gasteiger partial charge in [0, 0.05) is 23.9 Å². The molecule has 2 heterocycles. The van der Waals surface area contributed by atoms with Crippen LogP contribution >= 0.6 is 23.5 Å². The Hall–Kier alpha value is -2.91. The van der Waals surface area contributed by atoms with Crippen molar-refractivity contribution in [3.8, 4) is 17.2 Å². The first-order valence-electron chi connectivity index (χ1n) is 9.59. The number of hydrogen-bond donors (Lipinski definition) is 1. The SMILES string of the molecule is COc1ccc(NC(=O)CSc2nc3c(c(=O)n2-c2cccc(OC)c2)SCC3)cc1. The lowest BCUT2D eigenvalue weighted by atomic mass is 10.3. The van der Waals surface area contributed by atoms with Crippen LogP contribution in [0.1, 0.15) is 5.69 Å². The molecule has 2 aromatic carbocycles. The van der Waals surface area contributed by atoms with Crippen molar-refractivity contribution < 1.29 is 14.3 Å². The van der Waals surface area contributed by atoms with E-state index in [-0.39, 0.29) is 17.2 Å². The summed E-state index contributed by atoms with van der Waals surface area (Å²) in [6.07, 6.45) is 0.750. The molecule has 0 unspecified atom stereocenters. The van der Waals surface area contributed by atoms with E-state index in [1.165, 1.54) is 23.5 Å². The minimum absolute atomic E-state index is 0.112. The number of amides is 1. The number of carbonyl (C=O) groups excluding carboxylic acids is 1. The van der Waals surface area contributed by atoms with Gasteiger partial charge in [-0.25, -0.2) is 4.98 Å². The number of ether oxygens (including phenoxy) is 2. The van der Waals surface area contributed by atoms with E-state index >= 15 is 0 Å². The van der Waals surface area contributed by atoms with Gasteiger partial charge in [-0.1, -0.05) is 17.8 Å². The Morgan fingerprint density at radius 3 is 2.68 bits per heavy atom. The van der Waals surface area contributed by atoms with Crippen LogP contribution in [-0.4, -0.2) is 41.2 Å². The van der Waals surface area contributed by atoms with E-state index in [4.69, 9.17) is 14.5 Å². The molecule has 0 atom stereocenters. The van der Waals surface area contributed by atoms with Crippen LogP contribution in [0.2, 0.25) is 0 Å². The lowest BCUT2D eigenvalue weighted by Crippen LogP contribution is -2.24. The van der Waals surface area contributed by atoms with E-state index in [9.17, 15) is 9.59 Å². The number of nitrogens with one attached hydrogen (secondary N) is 1. The second-order valence-electron chi connectivity index (χ2n) is 6.68. The monoisotopic (exact) mass is 455 g/mol. The number of benzene rings is 2. The second-order valence-corrected chi connectivity index (χ2v) is 8.72. The molecular weight excluding hydrogens is 434 g/mol. The summed E-state index contributed by atoms with van der Waals surface area (Å²) in [5, 5.41) is 3.34. The van der Waals surface area contributed by atoms with E-state index in [1.807, 2.05) is 18.2 Å². The Bertz CT molecular complexity index is 1160. The van der Waals surface area contributed by atoms with Gasteiger partial charge in [-0.2, -0.15) is 0 Å². The Kier molecular flexibility index (Phi) is 6.53. The summed E-state index contributed by atoms with van der Waals surface area (Å²) in [7, 11) is 3.17. The standard InChI is InChI=1S/C22H21N3O4S2/c1-28-16-8-6-14(7-9-16)23-19(26)13-31-22-24-18-10-11-30-20(18)21(27)25(22)15-4-3-5-17(12-15)29-2/h3-9,12H,10-11,13H2,1-2H3,(H,23,26). The topological polar surface area (TPSA) is 82.5 Å². The maximum Gasteiger partial charge on any atom is 0.272 e. The molecule has 1 aliphatic rings. The third-order valence-corrected chi connectivity index (χ3v) is 6.73. The summed E-state index contributed by atoms with van der Waals surface area (Å²) in [5.74, 6) is 2.13. The largest absolute Gasteiger partial charge is 0.497 e.